The summed E-state index contributed by atoms with van der Waals surface area (Å²) in [5.41, 5.74) is 20.5. The van der Waals surface area contributed by atoms with Crippen molar-refractivity contribution in [3.8, 4) is 0 Å². The number of nitrogens with zero attached hydrogens (tertiary/aromatic N) is 3. The summed E-state index contributed by atoms with van der Waals surface area (Å²) in [6.45, 7) is 5.21. The molecule has 1 aromatic carbocycles. The number of imidazole rings is 1. The summed E-state index contributed by atoms with van der Waals surface area (Å²) in [6, 6.07) is 3.61. The maximum atomic E-state index is 6.00. The van der Waals surface area contributed by atoms with E-state index in [4.69, 9.17) is 21.9 Å². The zero-order chi connectivity index (χ0) is 14.1. The molecule has 0 spiro atoms. The van der Waals surface area contributed by atoms with Gasteiger partial charge < -0.3 is 26.5 Å². The summed E-state index contributed by atoms with van der Waals surface area (Å²) in [4.78, 5) is 6.70. The first-order valence-corrected chi connectivity index (χ1v) is 6.76. The molecule has 1 aliphatic heterocycles. The molecule has 20 heavy (non-hydrogen) atoms. The normalized spacial score (nSPS) is 16.8. The lowest BCUT2D eigenvalue weighted by atomic mass is 10.2. The van der Waals surface area contributed by atoms with Crippen LogP contribution in [0.2, 0.25) is 0 Å². The number of anilines is 3. The fraction of sp³-hybridized carbons (Fsp3) is 0.462. The van der Waals surface area contributed by atoms with Crippen LogP contribution in [0.25, 0.3) is 11.0 Å². The van der Waals surface area contributed by atoms with Gasteiger partial charge in [-0.2, -0.15) is 0 Å². The number of benzene rings is 1. The SMILES string of the molecule is Nc1cc2nc(N)n(CCN3CCOCC3)c2cc1N. The Bertz CT molecular complexity index is 617. The number of fused-ring (bicyclic) bond motifs is 1. The standard InChI is InChI=1S/C13H20N6O/c14-9-7-11-12(8-10(9)15)19(13(16)17-11)2-1-18-3-5-20-6-4-18/h7-8H,1-6,14-15H2,(H2,16,17). The fourth-order valence-electron chi connectivity index (χ4n) is 2.52. The maximum Gasteiger partial charge on any atom is 0.201 e. The Labute approximate surface area is 117 Å². The van der Waals surface area contributed by atoms with Crippen molar-refractivity contribution >= 4 is 28.4 Å². The van der Waals surface area contributed by atoms with Crippen LogP contribution < -0.4 is 17.2 Å². The molecular weight excluding hydrogens is 256 g/mol. The molecule has 1 saturated heterocycles. The summed E-state index contributed by atoms with van der Waals surface area (Å²) in [5, 5.41) is 0. The first-order chi connectivity index (χ1) is 9.65. The Hall–Kier alpha value is -1.99. The van der Waals surface area contributed by atoms with Crippen LogP contribution >= 0.6 is 0 Å². The second-order valence-corrected chi connectivity index (χ2v) is 5.05. The van der Waals surface area contributed by atoms with Gasteiger partial charge in [0.25, 0.3) is 0 Å². The predicted molar refractivity (Wildman–Crippen MR) is 80.2 cm³/mol. The highest BCUT2D eigenvalue weighted by molar-refractivity contribution is 5.87. The molecule has 0 amide bonds. The first-order valence-electron chi connectivity index (χ1n) is 6.76. The highest BCUT2D eigenvalue weighted by Crippen LogP contribution is 2.25. The van der Waals surface area contributed by atoms with Crippen LogP contribution in [0.1, 0.15) is 0 Å². The second-order valence-electron chi connectivity index (χ2n) is 5.05. The van der Waals surface area contributed by atoms with Gasteiger partial charge in [0.05, 0.1) is 35.6 Å². The lowest BCUT2D eigenvalue weighted by Crippen LogP contribution is -2.38. The Morgan fingerprint density at radius 1 is 1.05 bits per heavy atom. The smallest absolute Gasteiger partial charge is 0.201 e. The van der Waals surface area contributed by atoms with Gasteiger partial charge in [0.15, 0.2) is 0 Å². The number of nitrogens with two attached hydrogens (primary N) is 3. The minimum absolute atomic E-state index is 0.498. The van der Waals surface area contributed by atoms with Gasteiger partial charge in [0.1, 0.15) is 0 Å². The molecule has 3 rings (SSSR count). The second kappa shape index (κ2) is 5.18. The molecule has 2 aromatic rings. The number of morpholine rings is 1. The number of ether oxygens (including phenoxy) is 1. The molecule has 108 valence electrons. The van der Waals surface area contributed by atoms with E-state index in [1.54, 1.807) is 6.07 Å². The average Bonchev–Trinajstić information content (AvgIpc) is 2.73. The molecular formula is C13H20N6O. The van der Waals surface area contributed by atoms with Crippen molar-refractivity contribution in [2.24, 2.45) is 0 Å². The summed E-state index contributed by atoms with van der Waals surface area (Å²) in [7, 11) is 0. The summed E-state index contributed by atoms with van der Waals surface area (Å²) in [5.74, 6) is 0.498. The van der Waals surface area contributed by atoms with Gasteiger partial charge in [0, 0.05) is 26.2 Å². The van der Waals surface area contributed by atoms with Crippen LogP contribution in [-0.2, 0) is 11.3 Å². The predicted octanol–water partition coefficient (Wildman–Crippen LogP) is 0.115. The molecule has 7 heteroatoms. The van der Waals surface area contributed by atoms with E-state index in [0.29, 0.717) is 17.3 Å². The number of hydrogen-bond acceptors (Lipinski definition) is 6. The molecule has 0 aliphatic carbocycles. The van der Waals surface area contributed by atoms with Crippen molar-refractivity contribution in [2.75, 3.05) is 50.0 Å². The van der Waals surface area contributed by atoms with Gasteiger partial charge in [-0.1, -0.05) is 0 Å². The van der Waals surface area contributed by atoms with Crippen LogP contribution in [0.4, 0.5) is 17.3 Å². The van der Waals surface area contributed by atoms with E-state index in [0.717, 1.165) is 50.4 Å². The molecule has 0 unspecified atom stereocenters. The van der Waals surface area contributed by atoms with E-state index in [-0.39, 0.29) is 0 Å². The van der Waals surface area contributed by atoms with Crippen LogP contribution in [0, 0.1) is 0 Å². The number of hydrogen-bond donors (Lipinski definition) is 3. The van der Waals surface area contributed by atoms with E-state index < -0.39 is 0 Å². The maximum absolute atomic E-state index is 6.00. The van der Waals surface area contributed by atoms with Crippen molar-refractivity contribution < 1.29 is 4.74 Å². The van der Waals surface area contributed by atoms with Crippen LogP contribution in [0.3, 0.4) is 0 Å². The summed E-state index contributed by atoms with van der Waals surface area (Å²) < 4.78 is 7.33. The molecule has 1 aromatic heterocycles. The summed E-state index contributed by atoms with van der Waals surface area (Å²) in [6.07, 6.45) is 0. The zero-order valence-electron chi connectivity index (χ0n) is 11.4. The lowest BCUT2D eigenvalue weighted by Gasteiger charge is -2.26. The van der Waals surface area contributed by atoms with Crippen molar-refractivity contribution in [2.45, 2.75) is 6.54 Å². The quantitative estimate of drug-likeness (QED) is 0.687. The van der Waals surface area contributed by atoms with Crippen LogP contribution in [0.15, 0.2) is 12.1 Å². The van der Waals surface area contributed by atoms with Crippen molar-refractivity contribution in [1.29, 1.82) is 0 Å². The Kier molecular flexibility index (Phi) is 3.37. The number of rotatable bonds is 3. The minimum Gasteiger partial charge on any atom is -0.397 e. The summed E-state index contributed by atoms with van der Waals surface area (Å²) >= 11 is 0. The van der Waals surface area contributed by atoms with Gasteiger partial charge in [0.2, 0.25) is 5.95 Å². The highest BCUT2D eigenvalue weighted by atomic mass is 16.5. The van der Waals surface area contributed by atoms with Crippen LogP contribution in [0.5, 0.6) is 0 Å². The van der Waals surface area contributed by atoms with Crippen LogP contribution in [-0.4, -0.2) is 47.3 Å². The molecule has 2 heterocycles. The molecule has 0 saturated carbocycles. The molecule has 7 nitrogen and oxygen atoms in total. The Balaban J connectivity index is 1.83. The van der Waals surface area contributed by atoms with Crippen molar-refractivity contribution in [1.82, 2.24) is 14.5 Å². The van der Waals surface area contributed by atoms with E-state index in [9.17, 15) is 0 Å². The largest absolute Gasteiger partial charge is 0.397 e. The zero-order valence-corrected chi connectivity index (χ0v) is 11.4. The van der Waals surface area contributed by atoms with E-state index in [1.807, 2.05) is 10.6 Å². The monoisotopic (exact) mass is 276 g/mol. The molecule has 0 bridgehead atoms. The van der Waals surface area contributed by atoms with E-state index in [1.165, 1.54) is 0 Å². The Morgan fingerprint density at radius 2 is 1.75 bits per heavy atom. The lowest BCUT2D eigenvalue weighted by molar-refractivity contribution is 0.0366. The molecule has 0 atom stereocenters. The van der Waals surface area contributed by atoms with Gasteiger partial charge in [-0.25, -0.2) is 4.98 Å². The third-order valence-corrected chi connectivity index (χ3v) is 3.73. The third-order valence-electron chi connectivity index (χ3n) is 3.73. The molecule has 1 fully saturated rings. The van der Waals surface area contributed by atoms with E-state index in [2.05, 4.69) is 9.88 Å². The highest BCUT2D eigenvalue weighted by Gasteiger charge is 2.13. The van der Waals surface area contributed by atoms with Crippen molar-refractivity contribution in [3.05, 3.63) is 12.1 Å². The first kappa shape index (κ1) is 13.0. The average molecular weight is 276 g/mol. The minimum atomic E-state index is 0.498. The van der Waals surface area contributed by atoms with Gasteiger partial charge in [-0.05, 0) is 12.1 Å². The topological polar surface area (TPSA) is 108 Å². The van der Waals surface area contributed by atoms with Gasteiger partial charge in [-0.15, -0.1) is 0 Å². The fourth-order valence-corrected chi connectivity index (χ4v) is 2.52. The molecule has 6 N–H and O–H groups in total. The van der Waals surface area contributed by atoms with Gasteiger partial charge >= 0.3 is 0 Å². The Morgan fingerprint density at radius 3 is 2.50 bits per heavy atom. The van der Waals surface area contributed by atoms with Gasteiger partial charge in [-0.3, -0.25) is 4.90 Å². The van der Waals surface area contributed by atoms with Crippen molar-refractivity contribution in [3.63, 3.8) is 0 Å². The molecule has 1 aliphatic rings. The number of aromatic nitrogens is 2. The number of nitrogen functional groups attached to an aromatic ring is 3. The third kappa shape index (κ3) is 2.37. The molecule has 0 radical (unpaired) electrons. The van der Waals surface area contributed by atoms with E-state index >= 15 is 0 Å².